The predicted octanol–water partition coefficient (Wildman–Crippen LogP) is 0.866. The normalized spacial score (nSPS) is 29.1. The maximum Gasteiger partial charge on any atom is 0.0673 e. The fourth-order valence-corrected chi connectivity index (χ4v) is 2.59. The molecular formula is C13H26N2O2. The highest BCUT2D eigenvalue weighted by atomic mass is 16.5. The van der Waals surface area contributed by atoms with Gasteiger partial charge in [0.2, 0.25) is 0 Å². The summed E-state index contributed by atoms with van der Waals surface area (Å²) in [5, 5.41) is 3.36. The van der Waals surface area contributed by atoms with Gasteiger partial charge in [-0.3, -0.25) is 4.90 Å². The van der Waals surface area contributed by atoms with Gasteiger partial charge >= 0.3 is 0 Å². The van der Waals surface area contributed by atoms with Gasteiger partial charge in [0.05, 0.1) is 18.8 Å². The molecule has 0 aromatic heterocycles. The van der Waals surface area contributed by atoms with Crippen LogP contribution in [0.3, 0.4) is 0 Å². The summed E-state index contributed by atoms with van der Waals surface area (Å²) in [6, 6.07) is 0. The molecule has 1 atom stereocenters. The summed E-state index contributed by atoms with van der Waals surface area (Å²) in [7, 11) is 0. The third-order valence-corrected chi connectivity index (χ3v) is 3.58. The number of hydrogen-bond acceptors (Lipinski definition) is 4. The quantitative estimate of drug-likeness (QED) is 0.793. The molecule has 2 fully saturated rings. The Morgan fingerprint density at radius 2 is 2.18 bits per heavy atom. The molecule has 2 aliphatic heterocycles. The monoisotopic (exact) mass is 242 g/mol. The first-order valence-corrected chi connectivity index (χ1v) is 7.01. The number of nitrogens with one attached hydrogen (secondary N) is 1. The van der Waals surface area contributed by atoms with E-state index in [0.29, 0.717) is 12.2 Å². The minimum atomic E-state index is 0.372. The summed E-state index contributed by atoms with van der Waals surface area (Å²) >= 11 is 0. The second kappa shape index (κ2) is 7.31. The van der Waals surface area contributed by atoms with E-state index in [1.807, 2.05) is 0 Å². The molecule has 0 aromatic rings. The van der Waals surface area contributed by atoms with Crippen LogP contribution in [-0.4, -0.2) is 63.0 Å². The number of nitrogens with zero attached hydrogens (tertiary/aromatic N) is 1. The minimum absolute atomic E-state index is 0.372. The standard InChI is InChI=1S/C13H26N2O2/c1-12-11-15(7-2-9-16-12)8-10-17-13-3-5-14-6-4-13/h12-14H,2-11H2,1H3. The second-order valence-electron chi connectivity index (χ2n) is 5.16. The lowest BCUT2D eigenvalue weighted by atomic mass is 10.1. The van der Waals surface area contributed by atoms with Crippen LogP contribution in [0.1, 0.15) is 26.2 Å². The van der Waals surface area contributed by atoms with Crippen LogP contribution in [0.15, 0.2) is 0 Å². The Balaban J connectivity index is 1.59. The molecule has 1 unspecified atom stereocenters. The fourth-order valence-electron chi connectivity index (χ4n) is 2.59. The molecule has 0 aliphatic carbocycles. The lowest BCUT2D eigenvalue weighted by molar-refractivity contribution is 0.0152. The molecule has 100 valence electrons. The Morgan fingerprint density at radius 1 is 1.35 bits per heavy atom. The molecule has 2 heterocycles. The van der Waals surface area contributed by atoms with Crippen molar-refractivity contribution in [3.8, 4) is 0 Å². The first-order valence-electron chi connectivity index (χ1n) is 7.01. The number of piperidine rings is 1. The highest BCUT2D eigenvalue weighted by molar-refractivity contribution is 4.70. The van der Waals surface area contributed by atoms with Gasteiger partial charge in [-0.15, -0.1) is 0 Å². The van der Waals surface area contributed by atoms with Crippen molar-refractivity contribution in [2.24, 2.45) is 0 Å². The minimum Gasteiger partial charge on any atom is -0.377 e. The molecule has 2 aliphatic rings. The summed E-state index contributed by atoms with van der Waals surface area (Å²) in [6.45, 7) is 9.42. The van der Waals surface area contributed by atoms with Crippen LogP contribution in [-0.2, 0) is 9.47 Å². The van der Waals surface area contributed by atoms with Gasteiger partial charge in [0, 0.05) is 26.2 Å². The van der Waals surface area contributed by atoms with Gasteiger partial charge in [0.25, 0.3) is 0 Å². The van der Waals surface area contributed by atoms with Gasteiger partial charge in [-0.2, -0.15) is 0 Å². The van der Waals surface area contributed by atoms with Gasteiger partial charge in [0.15, 0.2) is 0 Å². The summed E-state index contributed by atoms with van der Waals surface area (Å²) in [4.78, 5) is 2.47. The van der Waals surface area contributed by atoms with E-state index in [1.165, 1.54) is 12.8 Å². The van der Waals surface area contributed by atoms with Crippen LogP contribution in [0.2, 0.25) is 0 Å². The van der Waals surface area contributed by atoms with Crippen LogP contribution in [0.4, 0.5) is 0 Å². The Bertz CT molecular complexity index is 208. The van der Waals surface area contributed by atoms with Crippen molar-refractivity contribution in [1.82, 2.24) is 10.2 Å². The smallest absolute Gasteiger partial charge is 0.0673 e. The third kappa shape index (κ3) is 4.92. The van der Waals surface area contributed by atoms with Crippen molar-refractivity contribution in [2.45, 2.75) is 38.4 Å². The van der Waals surface area contributed by atoms with Crippen molar-refractivity contribution in [1.29, 1.82) is 0 Å². The van der Waals surface area contributed by atoms with Crippen molar-refractivity contribution in [3.63, 3.8) is 0 Å². The molecule has 4 nitrogen and oxygen atoms in total. The largest absolute Gasteiger partial charge is 0.377 e. The van der Waals surface area contributed by atoms with E-state index in [0.717, 1.165) is 52.4 Å². The average Bonchev–Trinajstić information content (AvgIpc) is 2.55. The molecule has 17 heavy (non-hydrogen) atoms. The van der Waals surface area contributed by atoms with Gasteiger partial charge in [-0.05, 0) is 39.3 Å². The zero-order chi connectivity index (χ0) is 11.9. The zero-order valence-corrected chi connectivity index (χ0v) is 11.0. The van der Waals surface area contributed by atoms with Crippen molar-refractivity contribution < 1.29 is 9.47 Å². The van der Waals surface area contributed by atoms with Gasteiger partial charge in [0.1, 0.15) is 0 Å². The van der Waals surface area contributed by atoms with E-state index in [2.05, 4.69) is 17.1 Å². The van der Waals surface area contributed by atoms with Crippen LogP contribution in [0.25, 0.3) is 0 Å². The highest BCUT2D eigenvalue weighted by Crippen LogP contribution is 2.08. The molecule has 0 spiro atoms. The molecule has 0 bridgehead atoms. The molecule has 2 rings (SSSR count). The topological polar surface area (TPSA) is 33.7 Å². The Morgan fingerprint density at radius 3 is 3.00 bits per heavy atom. The average molecular weight is 242 g/mol. The Hall–Kier alpha value is -0.160. The predicted molar refractivity (Wildman–Crippen MR) is 68.3 cm³/mol. The molecule has 1 N–H and O–H groups in total. The number of rotatable bonds is 4. The van der Waals surface area contributed by atoms with Gasteiger partial charge < -0.3 is 14.8 Å². The first-order chi connectivity index (χ1) is 8.34. The molecule has 2 saturated heterocycles. The molecular weight excluding hydrogens is 216 g/mol. The Labute approximate surface area is 105 Å². The fraction of sp³-hybridized carbons (Fsp3) is 1.00. The SMILES string of the molecule is CC1CN(CCOC2CCNCC2)CCCO1. The second-order valence-corrected chi connectivity index (χ2v) is 5.16. The molecule has 4 heteroatoms. The van der Waals surface area contributed by atoms with E-state index in [4.69, 9.17) is 9.47 Å². The van der Waals surface area contributed by atoms with Crippen molar-refractivity contribution in [3.05, 3.63) is 0 Å². The number of ether oxygens (including phenoxy) is 2. The summed E-state index contributed by atoms with van der Waals surface area (Å²) < 4.78 is 11.6. The molecule has 0 saturated carbocycles. The van der Waals surface area contributed by atoms with Crippen molar-refractivity contribution in [2.75, 3.05) is 45.9 Å². The lowest BCUT2D eigenvalue weighted by Crippen LogP contribution is -2.36. The van der Waals surface area contributed by atoms with Gasteiger partial charge in [-0.1, -0.05) is 0 Å². The lowest BCUT2D eigenvalue weighted by Gasteiger charge is -2.26. The van der Waals surface area contributed by atoms with E-state index in [-0.39, 0.29) is 0 Å². The number of hydrogen-bond donors (Lipinski definition) is 1. The summed E-state index contributed by atoms with van der Waals surface area (Å²) in [5.41, 5.74) is 0. The highest BCUT2D eigenvalue weighted by Gasteiger charge is 2.16. The summed E-state index contributed by atoms with van der Waals surface area (Å²) in [5.74, 6) is 0. The van der Waals surface area contributed by atoms with E-state index >= 15 is 0 Å². The molecule has 0 radical (unpaired) electrons. The zero-order valence-electron chi connectivity index (χ0n) is 11.0. The maximum absolute atomic E-state index is 5.94. The molecule has 0 amide bonds. The third-order valence-electron chi connectivity index (χ3n) is 3.58. The van der Waals surface area contributed by atoms with Gasteiger partial charge in [-0.25, -0.2) is 0 Å². The summed E-state index contributed by atoms with van der Waals surface area (Å²) in [6.07, 6.45) is 4.34. The van der Waals surface area contributed by atoms with E-state index in [1.54, 1.807) is 0 Å². The van der Waals surface area contributed by atoms with Crippen LogP contribution < -0.4 is 5.32 Å². The first kappa shape index (κ1) is 13.3. The maximum atomic E-state index is 5.94. The van der Waals surface area contributed by atoms with Crippen LogP contribution in [0.5, 0.6) is 0 Å². The Kier molecular flexibility index (Phi) is 5.71. The van der Waals surface area contributed by atoms with E-state index < -0.39 is 0 Å². The molecule has 0 aromatic carbocycles. The van der Waals surface area contributed by atoms with Crippen LogP contribution in [0, 0.1) is 0 Å². The van der Waals surface area contributed by atoms with Crippen molar-refractivity contribution >= 4 is 0 Å². The van der Waals surface area contributed by atoms with E-state index in [9.17, 15) is 0 Å². The van der Waals surface area contributed by atoms with Crippen LogP contribution >= 0.6 is 0 Å².